The lowest BCUT2D eigenvalue weighted by atomic mass is 10.2. The highest BCUT2D eigenvalue weighted by atomic mass is 35.5. The lowest BCUT2D eigenvalue weighted by Crippen LogP contribution is -2.13. The van der Waals surface area contributed by atoms with E-state index in [1.54, 1.807) is 6.92 Å². The molecule has 0 fully saturated rings. The number of amides is 1. The number of hydrogen-bond donors (Lipinski definition) is 3. The fourth-order valence-corrected chi connectivity index (χ4v) is 1.56. The van der Waals surface area contributed by atoms with E-state index in [0.29, 0.717) is 6.61 Å². The minimum Gasteiger partial charge on any atom is -0.508 e. The van der Waals surface area contributed by atoms with Crippen molar-refractivity contribution in [2.24, 2.45) is 0 Å². The van der Waals surface area contributed by atoms with Crippen molar-refractivity contribution in [2.45, 2.75) is 6.92 Å². The molecule has 0 atom stereocenters. The summed E-state index contributed by atoms with van der Waals surface area (Å²) in [4.78, 5) is 15.8. The molecule has 1 amide bonds. The number of nitrogens with one attached hydrogen (secondary N) is 2. The van der Waals surface area contributed by atoms with Gasteiger partial charge in [-0.2, -0.15) is 4.98 Å². The molecule has 0 aliphatic rings. The number of anilines is 1. The van der Waals surface area contributed by atoms with Crippen LogP contribution in [0.1, 0.15) is 17.3 Å². The van der Waals surface area contributed by atoms with Gasteiger partial charge >= 0.3 is 6.01 Å². The van der Waals surface area contributed by atoms with Gasteiger partial charge < -0.3 is 9.84 Å². The van der Waals surface area contributed by atoms with Crippen molar-refractivity contribution < 1.29 is 14.6 Å². The van der Waals surface area contributed by atoms with Crippen LogP contribution in [-0.2, 0) is 0 Å². The predicted molar refractivity (Wildman–Crippen MR) is 68.6 cm³/mol. The fraction of sp³-hybridized carbons (Fsp3) is 0.182. The van der Waals surface area contributed by atoms with E-state index >= 15 is 0 Å². The minimum atomic E-state index is -0.514. The van der Waals surface area contributed by atoms with Gasteiger partial charge in [-0.3, -0.25) is 10.1 Å². The first-order chi connectivity index (χ1) is 9.10. The Kier molecular flexibility index (Phi) is 3.86. The Morgan fingerprint density at radius 3 is 3.11 bits per heavy atom. The topological polar surface area (TPSA) is 100 Å². The Bertz CT molecular complexity index is 599. The van der Waals surface area contributed by atoms with E-state index in [4.69, 9.17) is 16.3 Å². The maximum atomic E-state index is 11.9. The van der Waals surface area contributed by atoms with E-state index < -0.39 is 5.91 Å². The summed E-state index contributed by atoms with van der Waals surface area (Å²) in [5.74, 6) is -0.435. The van der Waals surface area contributed by atoms with Crippen molar-refractivity contribution in [3.8, 4) is 11.8 Å². The van der Waals surface area contributed by atoms with Crippen LogP contribution >= 0.6 is 11.6 Å². The molecule has 19 heavy (non-hydrogen) atoms. The van der Waals surface area contributed by atoms with Crippen LogP contribution < -0.4 is 10.1 Å². The molecule has 0 aliphatic carbocycles. The van der Waals surface area contributed by atoms with Gasteiger partial charge in [0, 0.05) is 0 Å². The van der Waals surface area contributed by atoms with Crippen LogP contribution in [0, 0.1) is 0 Å². The molecule has 1 heterocycles. The third-order valence-electron chi connectivity index (χ3n) is 2.16. The number of halogens is 1. The molecule has 0 saturated heterocycles. The van der Waals surface area contributed by atoms with Crippen LogP contribution in [0.4, 0.5) is 5.95 Å². The molecular formula is C11H11ClN4O3. The van der Waals surface area contributed by atoms with Gasteiger partial charge in [0.05, 0.1) is 17.2 Å². The third-order valence-corrected chi connectivity index (χ3v) is 2.49. The zero-order valence-corrected chi connectivity index (χ0v) is 10.7. The summed E-state index contributed by atoms with van der Waals surface area (Å²) in [6.07, 6.45) is 0. The van der Waals surface area contributed by atoms with Gasteiger partial charge in [0.15, 0.2) is 0 Å². The van der Waals surface area contributed by atoms with E-state index in [2.05, 4.69) is 20.5 Å². The first-order valence-corrected chi connectivity index (χ1v) is 5.83. The number of rotatable bonds is 4. The van der Waals surface area contributed by atoms with Crippen molar-refractivity contribution in [3.05, 3.63) is 28.8 Å². The van der Waals surface area contributed by atoms with E-state index in [9.17, 15) is 9.90 Å². The molecule has 3 N–H and O–H groups in total. The Labute approximate surface area is 113 Å². The molecule has 0 spiro atoms. The average molecular weight is 283 g/mol. The third kappa shape index (κ3) is 3.14. The summed E-state index contributed by atoms with van der Waals surface area (Å²) in [6.45, 7) is 2.21. The largest absolute Gasteiger partial charge is 0.508 e. The van der Waals surface area contributed by atoms with Gasteiger partial charge in [0.25, 0.3) is 5.91 Å². The van der Waals surface area contributed by atoms with E-state index in [0.717, 1.165) is 0 Å². The van der Waals surface area contributed by atoms with Crippen LogP contribution in [0.25, 0.3) is 0 Å². The summed E-state index contributed by atoms with van der Waals surface area (Å²) in [5.41, 5.74) is 0.135. The Morgan fingerprint density at radius 2 is 2.37 bits per heavy atom. The van der Waals surface area contributed by atoms with Gasteiger partial charge in [-0.25, -0.2) is 5.10 Å². The molecule has 0 bridgehead atoms. The van der Waals surface area contributed by atoms with E-state index in [1.807, 2.05) is 0 Å². The monoisotopic (exact) mass is 282 g/mol. The summed E-state index contributed by atoms with van der Waals surface area (Å²) < 4.78 is 5.05. The molecule has 0 aliphatic heterocycles. The van der Waals surface area contributed by atoms with Crippen molar-refractivity contribution in [1.82, 2.24) is 15.2 Å². The lowest BCUT2D eigenvalue weighted by Gasteiger charge is -2.04. The highest BCUT2D eigenvalue weighted by Crippen LogP contribution is 2.21. The Morgan fingerprint density at radius 1 is 1.58 bits per heavy atom. The molecule has 0 unspecified atom stereocenters. The van der Waals surface area contributed by atoms with Gasteiger partial charge in [-0.1, -0.05) is 11.6 Å². The van der Waals surface area contributed by atoms with Crippen LogP contribution in [0.2, 0.25) is 5.02 Å². The molecule has 1 aromatic heterocycles. The van der Waals surface area contributed by atoms with Crippen LogP contribution in [0.15, 0.2) is 18.2 Å². The number of aromatic amines is 1. The van der Waals surface area contributed by atoms with Crippen molar-refractivity contribution >= 4 is 23.5 Å². The maximum Gasteiger partial charge on any atom is 0.337 e. The van der Waals surface area contributed by atoms with Gasteiger partial charge in [0.1, 0.15) is 5.75 Å². The van der Waals surface area contributed by atoms with E-state index in [1.165, 1.54) is 18.2 Å². The van der Waals surface area contributed by atoms with Crippen molar-refractivity contribution in [1.29, 1.82) is 0 Å². The SMILES string of the molecule is CCOc1n[nH]c(NC(=O)c2cc(O)ccc2Cl)n1. The second-order valence-corrected chi connectivity index (χ2v) is 3.93. The summed E-state index contributed by atoms with van der Waals surface area (Å²) in [5, 5.41) is 18.3. The molecule has 0 saturated carbocycles. The van der Waals surface area contributed by atoms with Crippen LogP contribution in [0.3, 0.4) is 0 Å². The van der Waals surface area contributed by atoms with Crippen molar-refractivity contribution in [2.75, 3.05) is 11.9 Å². The molecule has 7 nitrogen and oxygen atoms in total. The summed E-state index contributed by atoms with van der Waals surface area (Å²) >= 11 is 5.87. The number of aromatic hydroxyl groups is 1. The fourth-order valence-electron chi connectivity index (χ4n) is 1.36. The number of benzene rings is 1. The smallest absolute Gasteiger partial charge is 0.337 e. The average Bonchev–Trinajstić information content (AvgIpc) is 2.80. The second-order valence-electron chi connectivity index (χ2n) is 3.52. The predicted octanol–water partition coefficient (Wildman–Crippen LogP) is 1.81. The normalized spacial score (nSPS) is 10.2. The first kappa shape index (κ1) is 13.2. The number of aromatic nitrogens is 3. The highest BCUT2D eigenvalue weighted by molar-refractivity contribution is 6.34. The molecule has 8 heteroatoms. The minimum absolute atomic E-state index is 0.0536. The molecule has 100 valence electrons. The molecule has 2 rings (SSSR count). The number of carbonyl (C=O) groups is 1. The number of H-pyrrole nitrogens is 1. The number of ether oxygens (including phenoxy) is 1. The molecule has 1 aromatic carbocycles. The summed E-state index contributed by atoms with van der Waals surface area (Å²) in [6, 6.07) is 4.22. The molecule has 0 radical (unpaired) electrons. The van der Waals surface area contributed by atoms with Crippen LogP contribution in [0.5, 0.6) is 11.8 Å². The maximum absolute atomic E-state index is 11.9. The van der Waals surface area contributed by atoms with Crippen molar-refractivity contribution in [3.63, 3.8) is 0 Å². The Hall–Kier alpha value is -2.28. The highest BCUT2D eigenvalue weighted by Gasteiger charge is 2.13. The number of phenols is 1. The zero-order valence-electron chi connectivity index (χ0n) is 9.98. The first-order valence-electron chi connectivity index (χ1n) is 5.45. The standard InChI is InChI=1S/C11H11ClN4O3/c1-2-19-11-14-10(15-16-11)13-9(18)7-5-6(17)3-4-8(7)12/h3-5,17H,2H2,1H3,(H2,13,14,15,16,18). The lowest BCUT2D eigenvalue weighted by molar-refractivity contribution is 0.102. The molecule has 2 aromatic rings. The molecular weight excluding hydrogens is 272 g/mol. The zero-order chi connectivity index (χ0) is 13.8. The Balaban J connectivity index is 2.13. The van der Waals surface area contributed by atoms with E-state index in [-0.39, 0.29) is 28.3 Å². The number of carbonyl (C=O) groups excluding carboxylic acids is 1. The quantitative estimate of drug-likeness (QED) is 0.794. The van der Waals surface area contributed by atoms with Gasteiger partial charge in [-0.05, 0) is 25.1 Å². The van der Waals surface area contributed by atoms with Gasteiger partial charge in [-0.15, -0.1) is 5.10 Å². The second kappa shape index (κ2) is 5.57. The summed E-state index contributed by atoms with van der Waals surface area (Å²) in [7, 11) is 0. The van der Waals surface area contributed by atoms with Crippen LogP contribution in [-0.4, -0.2) is 32.8 Å². The number of nitrogens with zero attached hydrogens (tertiary/aromatic N) is 2. The number of hydrogen-bond acceptors (Lipinski definition) is 5. The number of phenolic OH excluding ortho intramolecular Hbond substituents is 1. The van der Waals surface area contributed by atoms with Gasteiger partial charge in [0.2, 0.25) is 5.95 Å².